The third-order valence-electron chi connectivity index (χ3n) is 3.91. The molecule has 0 bridgehead atoms. The van der Waals surface area contributed by atoms with Gasteiger partial charge >= 0.3 is 0 Å². The van der Waals surface area contributed by atoms with Gasteiger partial charge < -0.3 is 4.57 Å². The summed E-state index contributed by atoms with van der Waals surface area (Å²) in [5.41, 5.74) is 4.50. The highest BCUT2D eigenvalue weighted by atomic mass is 35.5. The summed E-state index contributed by atoms with van der Waals surface area (Å²) in [4.78, 5) is 13.0. The van der Waals surface area contributed by atoms with Gasteiger partial charge in [-0.15, -0.1) is 0 Å². The highest BCUT2D eigenvalue weighted by molar-refractivity contribution is 6.31. The van der Waals surface area contributed by atoms with Crippen LogP contribution >= 0.6 is 11.6 Å². The number of nitrogens with zero attached hydrogens (tertiary/aromatic N) is 1. The van der Waals surface area contributed by atoms with Gasteiger partial charge in [-0.1, -0.05) is 35.9 Å². The summed E-state index contributed by atoms with van der Waals surface area (Å²) >= 11 is 6.05. The third-order valence-corrected chi connectivity index (χ3v) is 4.14. The van der Waals surface area contributed by atoms with Gasteiger partial charge in [0.15, 0.2) is 5.78 Å². The number of aryl methyl sites for hydroxylation is 3. The topological polar surface area (TPSA) is 22.0 Å². The van der Waals surface area contributed by atoms with Crippen LogP contribution < -0.4 is 0 Å². The Hall–Kier alpha value is -2.06. The van der Waals surface area contributed by atoms with Crippen molar-refractivity contribution in [2.75, 3.05) is 0 Å². The van der Waals surface area contributed by atoms with Crippen molar-refractivity contribution < 1.29 is 4.79 Å². The first kappa shape index (κ1) is 13.9. The first-order valence-electron chi connectivity index (χ1n) is 6.84. The number of hydrogen-bond donors (Lipinski definition) is 0. The fraction of sp³-hybridized carbons (Fsp3) is 0.167. The van der Waals surface area contributed by atoms with Gasteiger partial charge in [0.25, 0.3) is 0 Å². The molecule has 0 amide bonds. The quantitative estimate of drug-likeness (QED) is 0.630. The molecule has 0 aliphatic carbocycles. The number of ketones is 1. The maximum atomic E-state index is 13.0. The molecule has 1 heterocycles. The van der Waals surface area contributed by atoms with Gasteiger partial charge in [0.05, 0.1) is 0 Å². The lowest BCUT2D eigenvalue weighted by Crippen LogP contribution is -2.05. The summed E-state index contributed by atoms with van der Waals surface area (Å²) in [5, 5.41) is 1.62. The summed E-state index contributed by atoms with van der Waals surface area (Å²) in [6, 6.07) is 11.6. The van der Waals surface area contributed by atoms with Gasteiger partial charge in [-0.25, -0.2) is 0 Å². The lowest BCUT2D eigenvalue weighted by Gasteiger charge is -2.07. The molecule has 0 radical (unpaired) electrons. The predicted molar refractivity (Wildman–Crippen MR) is 87.3 cm³/mol. The summed E-state index contributed by atoms with van der Waals surface area (Å²) in [6.45, 7) is 3.95. The van der Waals surface area contributed by atoms with E-state index in [1.807, 2.05) is 68.1 Å². The molecular weight excluding hydrogens is 282 g/mol. The molecule has 0 fully saturated rings. The zero-order valence-corrected chi connectivity index (χ0v) is 13.0. The van der Waals surface area contributed by atoms with Crippen molar-refractivity contribution in [2.45, 2.75) is 13.8 Å². The first-order valence-corrected chi connectivity index (χ1v) is 7.22. The van der Waals surface area contributed by atoms with Gasteiger partial charge in [0.2, 0.25) is 0 Å². The number of halogens is 1. The molecule has 0 saturated carbocycles. The van der Waals surface area contributed by atoms with Crippen molar-refractivity contribution in [2.24, 2.45) is 7.05 Å². The van der Waals surface area contributed by atoms with E-state index in [0.29, 0.717) is 5.02 Å². The summed E-state index contributed by atoms with van der Waals surface area (Å²) in [6.07, 6.45) is 1.88. The molecule has 3 aromatic rings. The van der Waals surface area contributed by atoms with E-state index in [0.717, 1.165) is 33.2 Å². The number of hydrogen-bond acceptors (Lipinski definition) is 1. The Labute approximate surface area is 129 Å². The lowest BCUT2D eigenvalue weighted by molar-refractivity contribution is 0.103. The van der Waals surface area contributed by atoms with Crippen molar-refractivity contribution >= 4 is 28.3 Å². The minimum Gasteiger partial charge on any atom is -0.350 e. The smallest absolute Gasteiger partial charge is 0.195 e. The maximum absolute atomic E-state index is 13.0. The Bertz CT molecular complexity index is 841. The SMILES string of the molecule is Cc1cccc(C)c1C(=O)c1cn(C)c2cc(Cl)ccc12. The van der Waals surface area contributed by atoms with Crippen molar-refractivity contribution in [1.29, 1.82) is 0 Å². The second-order valence-electron chi connectivity index (χ2n) is 5.41. The normalized spacial score (nSPS) is 11.0. The van der Waals surface area contributed by atoms with Crippen molar-refractivity contribution in [3.63, 3.8) is 0 Å². The van der Waals surface area contributed by atoms with E-state index in [4.69, 9.17) is 11.6 Å². The second-order valence-corrected chi connectivity index (χ2v) is 5.85. The summed E-state index contributed by atoms with van der Waals surface area (Å²) in [5.74, 6) is 0.0681. The molecule has 3 rings (SSSR count). The molecule has 0 unspecified atom stereocenters. The molecule has 0 aliphatic rings. The van der Waals surface area contributed by atoms with Crippen LogP contribution in [0.2, 0.25) is 5.02 Å². The molecule has 2 aromatic carbocycles. The van der Waals surface area contributed by atoms with Crippen LogP contribution in [0.3, 0.4) is 0 Å². The number of aromatic nitrogens is 1. The summed E-state index contributed by atoms with van der Waals surface area (Å²) in [7, 11) is 1.93. The van der Waals surface area contributed by atoms with Crippen molar-refractivity contribution in [3.05, 3.63) is 69.9 Å². The zero-order chi connectivity index (χ0) is 15.1. The third kappa shape index (κ3) is 2.26. The average Bonchev–Trinajstić information content (AvgIpc) is 2.75. The lowest BCUT2D eigenvalue weighted by atomic mass is 9.95. The van der Waals surface area contributed by atoms with Crippen LogP contribution in [0.15, 0.2) is 42.6 Å². The Morgan fingerprint density at radius 2 is 1.76 bits per heavy atom. The molecule has 2 nitrogen and oxygen atoms in total. The largest absolute Gasteiger partial charge is 0.350 e. The number of rotatable bonds is 2. The van der Waals surface area contributed by atoms with Gasteiger partial charge in [-0.05, 0) is 37.1 Å². The molecule has 0 aliphatic heterocycles. The monoisotopic (exact) mass is 297 g/mol. The minimum atomic E-state index is 0.0681. The second kappa shape index (κ2) is 5.05. The Kier molecular flexibility index (Phi) is 3.34. The fourth-order valence-corrected chi connectivity index (χ4v) is 3.01. The predicted octanol–water partition coefficient (Wildman–Crippen LogP) is 4.68. The first-order chi connectivity index (χ1) is 9.99. The van der Waals surface area contributed by atoms with Crippen LogP contribution in [0.4, 0.5) is 0 Å². The van der Waals surface area contributed by atoms with E-state index in [1.54, 1.807) is 0 Å². The van der Waals surface area contributed by atoms with Crippen LogP contribution in [0.1, 0.15) is 27.0 Å². The van der Waals surface area contributed by atoms with E-state index in [9.17, 15) is 4.79 Å². The van der Waals surface area contributed by atoms with Crippen LogP contribution in [0, 0.1) is 13.8 Å². The Morgan fingerprint density at radius 1 is 1.10 bits per heavy atom. The van der Waals surface area contributed by atoms with Gasteiger partial charge in [0, 0.05) is 40.3 Å². The number of fused-ring (bicyclic) bond motifs is 1. The van der Waals surface area contributed by atoms with Gasteiger partial charge in [0.1, 0.15) is 0 Å². The molecule has 21 heavy (non-hydrogen) atoms. The molecule has 1 aromatic heterocycles. The van der Waals surface area contributed by atoms with E-state index in [-0.39, 0.29) is 5.78 Å². The van der Waals surface area contributed by atoms with Crippen LogP contribution in [0.25, 0.3) is 10.9 Å². The zero-order valence-electron chi connectivity index (χ0n) is 12.3. The van der Waals surface area contributed by atoms with Crippen molar-refractivity contribution in [3.8, 4) is 0 Å². The highest BCUT2D eigenvalue weighted by Gasteiger charge is 2.19. The Balaban J connectivity index is 2.24. The average molecular weight is 298 g/mol. The van der Waals surface area contributed by atoms with Crippen LogP contribution in [-0.4, -0.2) is 10.4 Å². The standard InChI is InChI=1S/C18H16ClNO/c1-11-5-4-6-12(2)17(11)18(21)15-10-20(3)16-9-13(19)7-8-14(15)16/h4-10H,1-3H3. The molecule has 106 valence electrons. The van der Waals surface area contributed by atoms with E-state index in [2.05, 4.69) is 0 Å². The van der Waals surface area contributed by atoms with Crippen LogP contribution in [0.5, 0.6) is 0 Å². The fourth-order valence-electron chi connectivity index (χ4n) is 2.85. The molecular formula is C18H16ClNO. The van der Waals surface area contributed by atoms with Gasteiger partial charge in [-0.2, -0.15) is 0 Å². The molecule has 0 N–H and O–H groups in total. The number of carbonyl (C=O) groups is 1. The molecule has 3 heteroatoms. The van der Waals surface area contributed by atoms with Gasteiger partial charge in [-0.3, -0.25) is 4.79 Å². The van der Waals surface area contributed by atoms with Crippen molar-refractivity contribution in [1.82, 2.24) is 4.57 Å². The Morgan fingerprint density at radius 3 is 2.43 bits per heavy atom. The minimum absolute atomic E-state index is 0.0681. The van der Waals surface area contributed by atoms with Crippen LogP contribution in [-0.2, 0) is 7.05 Å². The van der Waals surface area contributed by atoms with E-state index < -0.39 is 0 Å². The maximum Gasteiger partial charge on any atom is 0.195 e. The molecule has 0 atom stereocenters. The highest BCUT2D eigenvalue weighted by Crippen LogP contribution is 2.27. The van der Waals surface area contributed by atoms with E-state index in [1.165, 1.54) is 0 Å². The number of benzene rings is 2. The summed E-state index contributed by atoms with van der Waals surface area (Å²) < 4.78 is 1.95. The number of carbonyl (C=O) groups excluding carboxylic acids is 1. The molecule has 0 saturated heterocycles. The molecule has 0 spiro atoms. The van der Waals surface area contributed by atoms with E-state index >= 15 is 0 Å².